The number of carbonyl (C=O) groups excluding carboxylic acids is 1. The molecular formula is C17H12BrF3N2O2. The van der Waals surface area contributed by atoms with E-state index in [1.165, 1.54) is 24.3 Å². The Labute approximate surface area is 149 Å². The highest BCUT2D eigenvalue weighted by Crippen LogP contribution is 2.31. The molecule has 0 unspecified atom stereocenters. The topological polar surface area (TPSA) is 55.1 Å². The third-order valence-electron chi connectivity index (χ3n) is 3.56. The molecule has 25 heavy (non-hydrogen) atoms. The molecular weight excluding hydrogens is 401 g/mol. The molecule has 0 aliphatic carbocycles. The van der Waals surface area contributed by atoms with E-state index in [4.69, 9.17) is 4.42 Å². The molecule has 0 fully saturated rings. The predicted octanol–water partition coefficient (Wildman–Crippen LogP) is 5.32. The van der Waals surface area contributed by atoms with E-state index in [1.54, 1.807) is 5.32 Å². The van der Waals surface area contributed by atoms with Crippen LogP contribution in [0, 0.1) is 0 Å². The maximum absolute atomic E-state index is 12.3. The van der Waals surface area contributed by atoms with Gasteiger partial charge in [0.2, 0.25) is 5.89 Å². The Balaban J connectivity index is 1.88. The lowest BCUT2D eigenvalue weighted by molar-refractivity contribution is -0.167. The van der Waals surface area contributed by atoms with E-state index in [-0.39, 0.29) is 5.69 Å². The van der Waals surface area contributed by atoms with Crippen molar-refractivity contribution in [3.63, 3.8) is 0 Å². The molecule has 4 nitrogen and oxygen atoms in total. The van der Waals surface area contributed by atoms with Crippen LogP contribution in [0.5, 0.6) is 0 Å². The second-order valence-electron chi connectivity index (χ2n) is 5.33. The maximum atomic E-state index is 12.3. The molecule has 0 aliphatic heterocycles. The molecule has 1 amide bonds. The molecule has 0 spiro atoms. The highest BCUT2D eigenvalue weighted by atomic mass is 79.9. The van der Waals surface area contributed by atoms with Crippen molar-refractivity contribution in [3.8, 4) is 11.5 Å². The minimum atomic E-state index is -4.93. The van der Waals surface area contributed by atoms with Gasteiger partial charge in [0.1, 0.15) is 5.52 Å². The average Bonchev–Trinajstić information content (AvgIpc) is 2.99. The zero-order valence-electron chi connectivity index (χ0n) is 12.9. The number of benzene rings is 2. The molecule has 1 N–H and O–H groups in total. The van der Waals surface area contributed by atoms with Gasteiger partial charge in [-0.05, 0) is 64.3 Å². The smallest absolute Gasteiger partial charge is 0.435 e. The summed E-state index contributed by atoms with van der Waals surface area (Å²) in [5.41, 5.74) is 3.02. The Morgan fingerprint density at radius 1 is 1.24 bits per heavy atom. The highest BCUT2D eigenvalue weighted by molar-refractivity contribution is 9.10. The van der Waals surface area contributed by atoms with Crippen LogP contribution in [0.25, 0.3) is 22.6 Å². The average molecular weight is 413 g/mol. The summed E-state index contributed by atoms with van der Waals surface area (Å²) < 4.78 is 43.3. The largest absolute Gasteiger partial charge is 0.471 e. The van der Waals surface area contributed by atoms with Crippen LogP contribution in [0.15, 0.2) is 45.3 Å². The van der Waals surface area contributed by atoms with Crippen LogP contribution in [0.3, 0.4) is 0 Å². The van der Waals surface area contributed by atoms with Crippen molar-refractivity contribution in [3.05, 3.63) is 46.4 Å². The maximum Gasteiger partial charge on any atom is 0.471 e. The molecule has 0 bridgehead atoms. The second kappa shape index (κ2) is 6.51. The fraction of sp³-hybridized carbons (Fsp3) is 0.176. The molecule has 8 heteroatoms. The molecule has 3 rings (SSSR count). The Morgan fingerprint density at radius 2 is 1.92 bits per heavy atom. The van der Waals surface area contributed by atoms with Crippen molar-refractivity contribution in [2.45, 2.75) is 19.5 Å². The summed E-state index contributed by atoms with van der Waals surface area (Å²) in [6.45, 7) is 2.03. The molecule has 3 aromatic rings. The molecule has 0 saturated carbocycles. The number of amides is 1. The van der Waals surface area contributed by atoms with E-state index in [2.05, 4.69) is 20.9 Å². The number of nitrogens with zero attached hydrogens (tertiary/aromatic N) is 1. The molecule has 1 aromatic heterocycles. The first-order valence-corrected chi connectivity index (χ1v) is 8.15. The van der Waals surface area contributed by atoms with Crippen molar-refractivity contribution >= 4 is 38.6 Å². The van der Waals surface area contributed by atoms with Gasteiger partial charge in [0, 0.05) is 11.3 Å². The van der Waals surface area contributed by atoms with Crippen LogP contribution in [0.1, 0.15) is 12.5 Å². The first-order valence-electron chi connectivity index (χ1n) is 7.35. The summed E-state index contributed by atoms with van der Waals surface area (Å²) in [4.78, 5) is 15.4. The lowest BCUT2D eigenvalue weighted by atomic mass is 10.1. The van der Waals surface area contributed by atoms with Crippen LogP contribution < -0.4 is 5.32 Å². The van der Waals surface area contributed by atoms with Gasteiger partial charge in [-0.3, -0.25) is 4.79 Å². The van der Waals surface area contributed by atoms with Crippen molar-refractivity contribution in [1.29, 1.82) is 0 Å². The summed E-state index contributed by atoms with van der Waals surface area (Å²) in [6.07, 6.45) is -4.08. The number of anilines is 1. The number of hydrogen-bond acceptors (Lipinski definition) is 3. The lowest BCUT2D eigenvalue weighted by Crippen LogP contribution is -2.29. The fourth-order valence-corrected chi connectivity index (χ4v) is 2.85. The van der Waals surface area contributed by atoms with Crippen molar-refractivity contribution in [2.24, 2.45) is 0 Å². The van der Waals surface area contributed by atoms with Crippen molar-refractivity contribution < 1.29 is 22.4 Å². The standard InChI is InChI=1S/C17H12BrF3N2O2/c1-2-9-7-12(18)14-13(8-9)23-15(25-14)10-3-5-11(6-4-10)22-16(24)17(19,20)21/h3-8H,2H2,1H3,(H,22,24). The van der Waals surface area contributed by atoms with Crippen LogP contribution in [-0.4, -0.2) is 17.1 Å². The van der Waals surface area contributed by atoms with Crippen LogP contribution >= 0.6 is 15.9 Å². The number of halogens is 4. The monoisotopic (exact) mass is 412 g/mol. The number of alkyl halides is 3. The van der Waals surface area contributed by atoms with Gasteiger partial charge in [-0.1, -0.05) is 6.92 Å². The fourth-order valence-electron chi connectivity index (χ4n) is 2.27. The van der Waals surface area contributed by atoms with E-state index in [9.17, 15) is 18.0 Å². The van der Waals surface area contributed by atoms with Gasteiger partial charge in [-0.2, -0.15) is 13.2 Å². The number of fused-ring (bicyclic) bond motifs is 1. The highest BCUT2D eigenvalue weighted by Gasteiger charge is 2.38. The summed E-state index contributed by atoms with van der Waals surface area (Å²) in [5, 5.41) is 1.79. The van der Waals surface area contributed by atoms with Gasteiger partial charge in [0.15, 0.2) is 5.58 Å². The SMILES string of the molecule is CCc1cc(Br)c2oc(-c3ccc(NC(=O)C(F)(F)F)cc3)nc2c1. The van der Waals surface area contributed by atoms with Crippen LogP contribution in [0.4, 0.5) is 18.9 Å². The van der Waals surface area contributed by atoms with Gasteiger partial charge < -0.3 is 9.73 Å². The number of carbonyl (C=O) groups is 1. The third-order valence-corrected chi connectivity index (χ3v) is 4.15. The van der Waals surface area contributed by atoms with Gasteiger partial charge >= 0.3 is 12.1 Å². The minimum absolute atomic E-state index is 0.0386. The molecule has 0 saturated heterocycles. The van der Waals surface area contributed by atoms with E-state index >= 15 is 0 Å². The van der Waals surface area contributed by atoms with Crippen LogP contribution in [-0.2, 0) is 11.2 Å². The molecule has 2 aromatic carbocycles. The normalized spacial score (nSPS) is 11.7. The Hall–Kier alpha value is -2.35. The number of nitrogens with one attached hydrogen (secondary N) is 1. The van der Waals surface area contributed by atoms with Crippen molar-refractivity contribution in [1.82, 2.24) is 4.98 Å². The summed E-state index contributed by atoms with van der Waals surface area (Å²) >= 11 is 3.44. The number of aromatic nitrogens is 1. The number of rotatable bonds is 3. The van der Waals surface area contributed by atoms with Gasteiger partial charge in [0.05, 0.1) is 4.47 Å². The molecule has 0 atom stereocenters. The van der Waals surface area contributed by atoms with Gasteiger partial charge in [-0.15, -0.1) is 0 Å². The minimum Gasteiger partial charge on any atom is -0.435 e. The molecule has 130 valence electrons. The number of hydrogen-bond donors (Lipinski definition) is 1. The summed E-state index contributed by atoms with van der Waals surface area (Å²) in [5.74, 6) is -1.67. The Bertz CT molecular complexity index is 933. The summed E-state index contributed by atoms with van der Waals surface area (Å²) in [7, 11) is 0. The van der Waals surface area contributed by atoms with Gasteiger partial charge in [-0.25, -0.2) is 4.98 Å². The predicted molar refractivity (Wildman–Crippen MR) is 91.2 cm³/mol. The lowest BCUT2D eigenvalue weighted by Gasteiger charge is -2.07. The Kier molecular flexibility index (Phi) is 4.55. The first kappa shape index (κ1) is 17.5. The zero-order chi connectivity index (χ0) is 18.2. The quantitative estimate of drug-likeness (QED) is 0.633. The number of aryl methyl sites for hydroxylation is 1. The zero-order valence-corrected chi connectivity index (χ0v) is 14.5. The number of oxazole rings is 1. The third kappa shape index (κ3) is 3.68. The second-order valence-corrected chi connectivity index (χ2v) is 6.18. The first-order chi connectivity index (χ1) is 11.8. The van der Waals surface area contributed by atoms with E-state index in [1.807, 2.05) is 19.1 Å². The van der Waals surface area contributed by atoms with Crippen molar-refractivity contribution in [2.75, 3.05) is 5.32 Å². The molecule has 0 aliphatic rings. The van der Waals surface area contributed by atoms with E-state index in [0.29, 0.717) is 22.6 Å². The molecule has 0 radical (unpaired) electrons. The summed E-state index contributed by atoms with van der Waals surface area (Å²) in [6, 6.07) is 9.66. The molecule has 1 heterocycles. The Morgan fingerprint density at radius 3 is 2.52 bits per heavy atom. The van der Waals surface area contributed by atoms with E-state index < -0.39 is 12.1 Å². The van der Waals surface area contributed by atoms with E-state index in [0.717, 1.165) is 16.5 Å². The van der Waals surface area contributed by atoms with Gasteiger partial charge in [0.25, 0.3) is 0 Å². The van der Waals surface area contributed by atoms with Crippen LogP contribution in [0.2, 0.25) is 0 Å².